The fourth-order valence-electron chi connectivity index (χ4n) is 3.83. The molecule has 0 fully saturated rings. The molecule has 3 aromatic carbocycles. The fourth-order valence-corrected chi connectivity index (χ4v) is 4.15. The first-order valence-corrected chi connectivity index (χ1v) is 11.0. The number of nitrogens with zero attached hydrogens (tertiary/aromatic N) is 2. The lowest BCUT2D eigenvalue weighted by Gasteiger charge is -2.11. The van der Waals surface area contributed by atoms with Gasteiger partial charge in [-0.15, -0.1) is 0 Å². The number of fused-ring (bicyclic) bond motifs is 2. The second-order valence-electron chi connectivity index (χ2n) is 7.95. The second-order valence-corrected chi connectivity index (χ2v) is 8.76. The standard InChI is InChI=1S/C16H13Cl2NO2.C9H9NO2/c1-19-8-12-11(16(19)20)3-2-4-15(12)21-9-10-5-6-13(17)14(18)7-10;1-10-5-7-6(9(10)12)3-2-4-8(7)11/h2-7H,8-9H2,1H3;2-4,11H,5H2,1H3. The maximum Gasteiger partial charge on any atom is 0.254 e. The lowest BCUT2D eigenvalue weighted by molar-refractivity contribution is 0.0809. The van der Waals surface area contributed by atoms with E-state index in [1.54, 1.807) is 54.2 Å². The van der Waals surface area contributed by atoms with Crippen molar-refractivity contribution in [1.82, 2.24) is 9.80 Å². The molecule has 2 amide bonds. The summed E-state index contributed by atoms with van der Waals surface area (Å²) in [5.41, 5.74) is 3.94. The molecule has 2 aliphatic rings. The molecule has 0 aliphatic carbocycles. The van der Waals surface area contributed by atoms with Gasteiger partial charge in [0.15, 0.2) is 0 Å². The maximum absolute atomic E-state index is 11.9. The first-order chi connectivity index (χ1) is 15.8. The Morgan fingerprint density at radius 3 is 2.09 bits per heavy atom. The number of benzene rings is 3. The number of phenols is 1. The molecule has 0 unspecified atom stereocenters. The summed E-state index contributed by atoms with van der Waals surface area (Å²) in [7, 11) is 3.51. The Morgan fingerprint density at radius 2 is 1.45 bits per heavy atom. The summed E-state index contributed by atoms with van der Waals surface area (Å²) in [5.74, 6) is 0.965. The Labute approximate surface area is 201 Å². The van der Waals surface area contributed by atoms with E-state index in [0.29, 0.717) is 40.9 Å². The minimum Gasteiger partial charge on any atom is -0.508 e. The van der Waals surface area contributed by atoms with Crippen LogP contribution >= 0.6 is 23.2 Å². The van der Waals surface area contributed by atoms with E-state index in [1.807, 2.05) is 24.3 Å². The van der Waals surface area contributed by atoms with E-state index in [1.165, 1.54) is 0 Å². The van der Waals surface area contributed by atoms with E-state index >= 15 is 0 Å². The van der Waals surface area contributed by atoms with Gasteiger partial charge in [0.05, 0.1) is 23.1 Å². The molecule has 8 heteroatoms. The average Bonchev–Trinajstić information content (AvgIpc) is 3.26. The summed E-state index contributed by atoms with van der Waals surface area (Å²) in [6.07, 6.45) is 0. The number of rotatable bonds is 3. The largest absolute Gasteiger partial charge is 0.508 e. The van der Waals surface area contributed by atoms with Crippen LogP contribution in [-0.4, -0.2) is 40.8 Å². The number of aromatic hydroxyl groups is 1. The van der Waals surface area contributed by atoms with Crippen molar-refractivity contribution < 1.29 is 19.4 Å². The Hall–Kier alpha value is -3.22. The highest BCUT2D eigenvalue weighted by atomic mass is 35.5. The number of phenolic OH excluding ortho intramolecular Hbond substituents is 1. The number of hydrogen-bond acceptors (Lipinski definition) is 4. The topological polar surface area (TPSA) is 70.1 Å². The zero-order valence-corrected chi connectivity index (χ0v) is 19.7. The van der Waals surface area contributed by atoms with Gasteiger partial charge in [-0.1, -0.05) is 41.4 Å². The van der Waals surface area contributed by atoms with Gasteiger partial charge in [-0.3, -0.25) is 9.59 Å². The smallest absolute Gasteiger partial charge is 0.254 e. The van der Waals surface area contributed by atoms with Gasteiger partial charge in [0, 0.05) is 36.3 Å². The highest BCUT2D eigenvalue weighted by molar-refractivity contribution is 6.42. The lowest BCUT2D eigenvalue weighted by Crippen LogP contribution is -2.17. The molecule has 0 saturated heterocycles. The molecule has 3 aromatic rings. The Bertz CT molecular complexity index is 1250. The lowest BCUT2D eigenvalue weighted by atomic mass is 10.1. The summed E-state index contributed by atoms with van der Waals surface area (Å²) in [5, 5.41) is 10.4. The van der Waals surface area contributed by atoms with E-state index in [0.717, 1.165) is 22.4 Å². The molecular weight excluding hydrogens is 463 g/mol. The normalized spacial score (nSPS) is 14.1. The van der Waals surface area contributed by atoms with Crippen LogP contribution in [0.2, 0.25) is 10.0 Å². The van der Waals surface area contributed by atoms with Crippen LogP contribution in [0.1, 0.15) is 37.4 Å². The van der Waals surface area contributed by atoms with Crippen LogP contribution in [0.5, 0.6) is 11.5 Å². The maximum atomic E-state index is 11.9. The number of carbonyl (C=O) groups is 2. The van der Waals surface area contributed by atoms with E-state index in [2.05, 4.69) is 0 Å². The highest BCUT2D eigenvalue weighted by Gasteiger charge is 2.27. The highest BCUT2D eigenvalue weighted by Crippen LogP contribution is 2.31. The molecule has 5 rings (SSSR count). The van der Waals surface area contributed by atoms with Crippen LogP contribution in [0.4, 0.5) is 0 Å². The van der Waals surface area contributed by atoms with Gasteiger partial charge in [-0.25, -0.2) is 0 Å². The Kier molecular flexibility index (Phi) is 6.49. The van der Waals surface area contributed by atoms with Crippen molar-refractivity contribution in [3.05, 3.63) is 92.5 Å². The molecule has 0 radical (unpaired) electrons. The van der Waals surface area contributed by atoms with Crippen molar-refractivity contribution in [2.45, 2.75) is 19.7 Å². The van der Waals surface area contributed by atoms with Gasteiger partial charge in [-0.05, 0) is 42.0 Å². The molecular formula is C25H22Cl2N2O4. The molecule has 0 atom stereocenters. The molecule has 6 nitrogen and oxygen atoms in total. The molecule has 1 N–H and O–H groups in total. The average molecular weight is 485 g/mol. The SMILES string of the molecule is CN1Cc2c(O)cccc2C1=O.CN1Cc2c(OCc3ccc(Cl)c(Cl)c3)cccc2C1=O. The van der Waals surface area contributed by atoms with Crippen molar-refractivity contribution in [2.24, 2.45) is 0 Å². The predicted octanol–water partition coefficient (Wildman–Crippen LogP) is 5.14. The summed E-state index contributed by atoms with van der Waals surface area (Å²) in [6, 6.07) is 16.0. The van der Waals surface area contributed by atoms with Gasteiger partial charge in [0.2, 0.25) is 0 Å². The van der Waals surface area contributed by atoms with E-state index in [4.69, 9.17) is 27.9 Å². The van der Waals surface area contributed by atoms with Crippen LogP contribution in [-0.2, 0) is 19.7 Å². The zero-order valence-electron chi connectivity index (χ0n) is 18.1. The summed E-state index contributed by atoms with van der Waals surface area (Å²) >= 11 is 11.9. The fraction of sp³-hybridized carbons (Fsp3) is 0.200. The second kappa shape index (κ2) is 9.33. The monoisotopic (exact) mass is 484 g/mol. The Balaban J connectivity index is 0.000000183. The van der Waals surface area contributed by atoms with Crippen LogP contribution in [0.25, 0.3) is 0 Å². The summed E-state index contributed by atoms with van der Waals surface area (Å²) in [4.78, 5) is 26.6. The van der Waals surface area contributed by atoms with Gasteiger partial charge in [0.1, 0.15) is 18.1 Å². The zero-order chi connectivity index (χ0) is 23.7. The number of hydrogen-bond donors (Lipinski definition) is 1. The number of halogens is 2. The Morgan fingerprint density at radius 1 is 0.848 bits per heavy atom. The third-order valence-electron chi connectivity index (χ3n) is 5.61. The van der Waals surface area contributed by atoms with Crippen molar-refractivity contribution >= 4 is 35.0 Å². The van der Waals surface area contributed by atoms with Gasteiger partial charge < -0.3 is 19.6 Å². The molecule has 170 valence electrons. The molecule has 2 aliphatic heterocycles. The minimum atomic E-state index is -0.0131. The minimum absolute atomic E-state index is 0.0131. The predicted molar refractivity (Wildman–Crippen MR) is 127 cm³/mol. The van der Waals surface area contributed by atoms with Crippen molar-refractivity contribution in [3.63, 3.8) is 0 Å². The molecule has 33 heavy (non-hydrogen) atoms. The van der Waals surface area contributed by atoms with Gasteiger partial charge in [-0.2, -0.15) is 0 Å². The first kappa shape index (κ1) is 23.0. The van der Waals surface area contributed by atoms with Crippen molar-refractivity contribution in [1.29, 1.82) is 0 Å². The molecule has 0 aromatic heterocycles. The number of amides is 2. The van der Waals surface area contributed by atoms with Crippen molar-refractivity contribution in [2.75, 3.05) is 14.1 Å². The first-order valence-electron chi connectivity index (χ1n) is 10.3. The third-order valence-corrected chi connectivity index (χ3v) is 6.35. The molecule has 2 heterocycles. The van der Waals surface area contributed by atoms with E-state index in [-0.39, 0.29) is 17.6 Å². The molecule has 0 saturated carbocycles. The summed E-state index contributed by atoms with van der Waals surface area (Å²) in [6.45, 7) is 1.47. The van der Waals surface area contributed by atoms with Crippen LogP contribution in [0.3, 0.4) is 0 Å². The molecule has 0 bridgehead atoms. The van der Waals surface area contributed by atoms with Gasteiger partial charge in [0.25, 0.3) is 11.8 Å². The number of ether oxygens (including phenoxy) is 1. The van der Waals surface area contributed by atoms with Crippen LogP contribution < -0.4 is 4.74 Å². The quantitative estimate of drug-likeness (QED) is 0.558. The molecule has 0 spiro atoms. The van der Waals surface area contributed by atoms with Gasteiger partial charge >= 0.3 is 0 Å². The van der Waals surface area contributed by atoms with E-state index in [9.17, 15) is 14.7 Å². The summed E-state index contributed by atoms with van der Waals surface area (Å²) < 4.78 is 5.85. The van der Waals surface area contributed by atoms with Crippen molar-refractivity contribution in [3.8, 4) is 11.5 Å². The van der Waals surface area contributed by atoms with E-state index < -0.39 is 0 Å². The number of carbonyl (C=O) groups excluding carboxylic acids is 2. The van der Waals surface area contributed by atoms with Crippen LogP contribution in [0.15, 0.2) is 54.6 Å². The van der Waals surface area contributed by atoms with Crippen LogP contribution in [0, 0.1) is 0 Å². The third kappa shape index (κ3) is 4.63.